The highest BCUT2D eigenvalue weighted by atomic mass is 16.4. The largest absolute Gasteiger partial charge is 0.477 e. The van der Waals surface area contributed by atoms with Crippen LogP contribution in [-0.4, -0.2) is 40.0 Å². The smallest absolute Gasteiger partial charge is 0.354 e. The quantitative estimate of drug-likeness (QED) is 0.804. The molecule has 0 spiro atoms. The van der Waals surface area contributed by atoms with E-state index in [0.717, 1.165) is 12.8 Å². The van der Waals surface area contributed by atoms with Crippen molar-refractivity contribution >= 4 is 11.9 Å². The van der Waals surface area contributed by atoms with Crippen LogP contribution in [0.25, 0.3) is 0 Å². The fourth-order valence-electron chi connectivity index (χ4n) is 1.86. The van der Waals surface area contributed by atoms with Crippen LogP contribution in [0, 0.1) is 0 Å². The number of hydrogen-bond donors (Lipinski definition) is 1. The highest BCUT2D eigenvalue weighted by molar-refractivity contribution is 5.95. The summed E-state index contributed by atoms with van der Waals surface area (Å²) in [6.45, 7) is 5.23. The lowest BCUT2D eigenvalue weighted by Crippen LogP contribution is -2.36. The number of amides is 1. The first-order valence-corrected chi connectivity index (χ1v) is 5.73. The second kappa shape index (κ2) is 5.00. The summed E-state index contributed by atoms with van der Waals surface area (Å²) in [5.41, 5.74) is 1.53. The van der Waals surface area contributed by atoms with Crippen molar-refractivity contribution in [2.45, 2.75) is 12.8 Å². The number of aromatic carboxylic acids is 1. The molecule has 0 aliphatic carbocycles. The minimum Gasteiger partial charge on any atom is -0.477 e. The number of piperidine rings is 1. The number of aromatic nitrogens is 1. The SMILES string of the molecule is C=C1CCN(C(=O)c2ccc(C(=O)O)nc2)CC1. The lowest BCUT2D eigenvalue weighted by molar-refractivity contribution is 0.0686. The standard InChI is InChI=1S/C13H14N2O3/c1-9-4-6-15(7-5-9)12(16)10-2-3-11(13(17)18)14-8-10/h2-3,8H,1,4-7H2,(H,17,18). The summed E-state index contributed by atoms with van der Waals surface area (Å²) in [7, 11) is 0. The van der Waals surface area contributed by atoms with Crippen LogP contribution in [-0.2, 0) is 0 Å². The molecule has 94 valence electrons. The number of likely N-dealkylation sites (tertiary alicyclic amines) is 1. The summed E-state index contributed by atoms with van der Waals surface area (Å²) in [6, 6.07) is 2.85. The predicted molar refractivity (Wildman–Crippen MR) is 65.5 cm³/mol. The molecule has 2 heterocycles. The van der Waals surface area contributed by atoms with E-state index in [1.165, 1.54) is 23.9 Å². The molecule has 0 bridgehead atoms. The molecular weight excluding hydrogens is 232 g/mol. The van der Waals surface area contributed by atoms with Gasteiger partial charge in [0.1, 0.15) is 5.69 Å². The van der Waals surface area contributed by atoms with Gasteiger partial charge in [0.2, 0.25) is 0 Å². The molecule has 5 nitrogen and oxygen atoms in total. The fourth-order valence-corrected chi connectivity index (χ4v) is 1.86. The Kier molecular flexibility index (Phi) is 3.41. The molecule has 0 unspecified atom stereocenters. The van der Waals surface area contributed by atoms with E-state index in [9.17, 15) is 9.59 Å². The van der Waals surface area contributed by atoms with Crippen LogP contribution in [0.15, 0.2) is 30.5 Å². The van der Waals surface area contributed by atoms with Crippen LogP contribution in [0.3, 0.4) is 0 Å². The van der Waals surface area contributed by atoms with Crippen LogP contribution in [0.5, 0.6) is 0 Å². The van der Waals surface area contributed by atoms with Gasteiger partial charge in [-0.15, -0.1) is 0 Å². The zero-order valence-electron chi connectivity index (χ0n) is 9.93. The molecule has 5 heteroatoms. The lowest BCUT2D eigenvalue weighted by Gasteiger charge is -2.27. The third-order valence-corrected chi connectivity index (χ3v) is 2.99. The van der Waals surface area contributed by atoms with Gasteiger partial charge in [-0.2, -0.15) is 0 Å². The third kappa shape index (κ3) is 2.56. The van der Waals surface area contributed by atoms with Gasteiger partial charge in [0.15, 0.2) is 0 Å². The number of nitrogens with zero attached hydrogens (tertiary/aromatic N) is 2. The molecule has 1 N–H and O–H groups in total. The number of carboxylic acids is 1. The van der Waals surface area contributed by atoms with E-state index in [1.54, 1.807) is 4.90 Å². The van der Waals surface area contributed by atoms with Crippen LogP contribution in [0.2, 0.25) is 0 Å². The van der Waals surface area contributed by atoms with Crippen molar-refractivity contribution in [1.29, 1.82) is 0 Å². The predicted octanol–water partition coefficient (Wildman–Crippen LogP) is 1.57. The number of carboxylic acid groups (broad SMARTS) is 1. The Balaban J connectivity index is 2.09. The summed E-state index contributed by atoms with van der Waals surface area (Å²) < 4.78 is 0. The second-order valence-corrected chi connectivity index (χ2v) is 4.28. The molecule has 0 saturated carbocycles. The number of carbonyl (C=O) groups is 2. The van der Waals surface area contributed by atoms with Crippen LogP contribution < -0.4 is 0 Å². The van der Waals surface area contributed by atoms with Crippen molar-refractivity contribution in [3.63, 3.8) is 0 Å². The molecule has 1 aliphatic heterocycles. The fraction of sp³-hybridized carbons (Fsp3) is 0.308. The summed E-state index contributed by atoms with van der Waals surface area (Å²) in [5.74, 6) is -1.20. The van der Waals surface area contributed by atoms with Gasteiger partial charge in [-0.3, -0.25) is 4.79 Å². The molecule has 1 saturated heterocycles. The summed E-state index contributed by atoms with van der Waals surface area (Å²) >= 11 is 0. The van der Waals surface area contributed by atoms with Crippen LogP contribution >= 0.6 is 0 Å². The monoisotopic (exact) mass is 246 g/mol. The molecule has 2 rings (SSSR count). The van der Waals surface area contributed by atoms with E-state index in [1.807, 2.05) is 0 Å². The molecule has 1 aromatic heterocycles. The van der Waals surface area contributed by atoms with Crippen molar-refractivity contribution in [3.8, 4) is 0 Å². The van der Waals surface area contributed by atoms with Gasteiger partial charge >= 0.3 is 5.97 Å². The van der Waals surface area contributed by atoms with Crippen molar-refractivity contribution in [1.82, 2.24) is 9.88 Å². The van der Waals surface area contributed by atoms with Crippen molar-refractivity contribution in [3.05, 3.63) is 41.7 Å². The minimum absolute atomic E-state index is 0.0569. The Morgan fingerprint density at radius 1 is 1.28 bits per heavy atom. The van der Waals surface area contributed by atoms with Gasteiger partial charge in [-0.25, -0.2) is 9.78 Å². The zero-order valence-corrected chi connectivity index (χ0v) is 9.93. The molecule has 1 amide bonds. The first-order chi connectivity index (χ1) is 8.58. The highest BCUT2D eigenvalue weighted by Gasteiger charge is 2.20. The molecule has 1 aromatic rings. The van der Waals surface area contributed by atoms with Gasteiger partial charge in [-0.05, 0) is 25.0 Å². The molecule has 18 heavy (non-hydrogen) atoms. The first-order valence-electron chi connectivity index (χ1n) is 5.73. The lowest BCUT2D eigenvalue weighted by atomic mass is 10.1. The Morgan fingerprint density at radius 2 is 1.94 bits per heavy atom. The molecule has 1 fully saturated rings. The van der Waals surface area contributed by atoms with Crippen molar-refractivity contribution in [2.75, 3.05) is 13.1 Å². The Labute approximate surface area is 105 Å². The molecule has 0 aromatic carbocycles. The molecular formula is C13H14N2O3. The van der Waals surface area contributed by atoms with Crippen molar-refractivity contribution < 1.29 is 14.7 Å². The summed E-state index contributed by atoms with van der Waals surface area (Å²) in [6.07, 6.45) is 2.97. The van der Waals surface area contributed by atoms with E-state index in [4.69, 9.17) is 5.11 Å². The Hall–Kier alpha value is -2.17. The normalized spacial score (nSPS) is 15.6. The Bertz CT molecular complexity index is 483. The van der Waals surface area contributed by atoms with Crippen LogP contribution in [0.4, 0.5) is 0 Å². The van der Waals surface area contributed by atoms with E-state index < -0.39 is 5.97 Å². The number of rotatable bonds is 2. The maximum absolute atomic E-state index is 12.1. The second-order valence-electron chi connectivity index (χ2n) is 4.28. The minimum atomic E-state index is -1.09. The number of carbonyl (C=O) groups excluding carboxylic acids is 1. The molecule has 0 atom stereocenters. The number of pyridine rings is 1. The molecule has 1 aliphatic rings. The van der Waals surface area contributed by atoms with Gasteiger partial charge < -0.3 is 10.0 Å². The van der Waals surface area contributed by atoms with Crippen molar-refractivity contribution in [2.24, 2.45) is 0 Å². The van der Waals surface area contributed by atoms with Gasteiger partial charge in [0.25, 0.3) is 5.91 Å². The van der Waals surface area contributed by atoms with E-state index in [2.05, 4.69) is 11.6 Å². The van der Waals surface area contributed by atoms with Gasteiger partial charge in [0, 0.05) is 19.3 Å². The maximum Gasteiger partial charge on any atom is 0.354 e. The first kappa shape index (κ1) is 12.3. The summed E-state index contributed by atoms with van der Waals surface area (Å²) in [4.78, 5) is 28.2. The average Bonchev–Trinajstić information content (AvgIpc) is 2.39. The average molecular weight is 246 g/mol. The number of hydrogen-bond acceptors (Lipinski definition) is 3. The topological polar surface area (TPSA) is 70.5 Å². The van der Waals surface area contributed by atoms with E-state index in [-0.39, 0.29) is 11.6 Å². The van der Waals surface area contributed by atoms with Gasteiger partial charge in [-0.1, -0.05) is 12.2 Å². The summed E-state index contributed by atoms with van der Waals surface area (Å²) in [5, 5.41) is 8.72. The van der Waals surface area contributed by atoms with E-state index in [0.29, 0.717) is 18.7 Å². The molecule has 0 radical (unpaired) electrons. The van der Waals surface area contributed by atoms with Gasteiger partial charge in [0.05, 0.1) is 5.56 Å². The zero-order chi connectivity index (χ0) is 13.1. The van der Waals surface area contributed by atoms with Crippen LogP contribution in [0.1, 0.15) is 33.7 Å². The Morgan fingerprint density at radius 3 is 2.44 bits per heavy atom. The highest BCUT2D eigenvalue weighted by Crippen LogP contribution is 2.16. The third-order valence-electron chi connectivity index (χ3n) is 2.99. The maximum atomic E-state index is 12.1. The van der Waals surface area contributed by atoms with E-state index >= 15 is 0 Å².